The Kier molecular flexibility index (Phi) is 6.51. The number of aromatic nitrogens is 1. The molecular formula is C26H27N3O2S. The topological polar surface area (TPSA) is 46.8 Å². The molecule has 6 heteroatoms. The van der Waals surface area contributed by atoms with Crippen LogP contribution in [0.25, 0.3) is 6.08 Å². The van der Waals surface area contributed by atoms with E-state index in [1.165, 1.54) is 23.0 Å². The van der Waals surface area contributed by atoms with E-state index in [4.69, 9.17) is 9.73 Å². The molecule has 164 valence electrons. The summed E-state index contributed by atoms with van der Waals surface area (Å²) >= 11 is 1.43. The van der Waals surface area contributed by atoms with Gasteiger partial charge in [0.2, 0.25) is 0 Å². The Hall–Kier alpha value is -3.25. The highest BCUT2D eigenvalue weighted by molar-refractivity contribution is 8.18. The number of aliphatic imine (C=N–C) groups is 1. The minimum Gasteiger partial charge on any atom is -0.497 e. The lowest BCUT2D eigenvalue weighted by Gasteiger charge is -2.12. The van der Waals surface area contributed by atoms with Crippen molar-refractivity contribution in [3.8, 4) is 5.75 Å². The van der Waals surface area contributed by atoms with Gasteiger partial charge in [0.25, 0.3) is 5.91 Å². The fraction of sp³-hybridized carbons (Fsp3) is 0.231. The van der Waals surface area contributed by atoms with Crippen LogP contribution in [-0.2, 0) is 11.3 Å². The van der Waals surface area contributed by atoms with Crippen LogP contribution in [0.15, 0.2) is 70.6 Å². The van der Waals surface area contributed by atoms with Crippen molar-refractivity contribution >= 4 is 34.6 Å². The maximum atomic E-state index is 13.1. The molecule has 1 aliphatic rings. The fourth-order valence-electron chi connectivity index (χ4n) is 3.76. The van der Waals surface area contributed by atoms with Crippen molar-refractivity contribution in [1.29, 1.82) is 0 Å². The first-order chi connectivity index (χ1) is 15.5. The maximum absolute atomic E-state index is 13.1. The smallest absolute Gasteiger partial charge is 0.266 e. The molecular weight excluding hydrogens is 418 g/mol. The predicted octanol–water partition coefficient (Wildman–Crippen LogP) is 5.79. The van der Waals surface area contributed by atoms with Crippen LogP contribution in [0.5, 0.6) is 5.75 Å². The van der Waals surface area contributed by atoms with Crippen LogP contribution in [0.2, 0.25) is 0 Å². The van der Waals surface area contributed by atoms with Crippen LogP contribution in [0.4, 0.5) is 5.69 Å². The first-order valence-corrected chi connectivity index (χ1v) is 11.5. The van der Waals surface area contributed by atoms with E-state index < -0.39 is 0 Å². The first kappa shape index (κ1) is 22.0. The Labute approximate surface area is 193 Å². The number of thioether (sulfide) groups is 1. The molecule has 0 radical (unpaired) electrons. The molecule has 1 fully saturated rings. The van der Waals surface area contributed by atoms with Crippen LogP contribution < -0.4 is 4.74 Å². The van der Waals surface area contributed by atoms with E-state index in [1.54, 1.807) is 12.0 Å². The summed E-state index contributed by atoms with van der Waals surface area (Å²) in [5, 5.41) is 0.701. The summed E-state index contributed by atoms with van der Waals surface area (Å²) in [6, 6.07) is 20.1. The number of nitrogens with zero attached hydrogens (tertiary/aromatic N) is 3. The average molecular weight is 446 g/mol. The Bertz CT molecular complexity index is 1180. The SMILES string of the molecule is CCN1C(=O)/C(=C\c2cc(C)n(Cc3ccccc3)c2C)SC1=Nc1ccc(OC)cc1. The zero-order valence-corrected chi connectivity index (χ0v) is 19.6. The third-order valence-electron chi connectivity index (χ3n) is 5.58. The molecule has 0 atom stereocenters. The van der Waals surface area contributed by atoms with Gasteiger partial charge in [-0.2, -0.15) is 0 Å². The molecule has 2 aromatic carbocycles. The summed E-state index contributed by atoms with van der Waals surface area (Å²) in [5.41, 5.74) is 5.44. The molecule has 32 heavy (non-hydrogen) atoms. The summed E-state index contributed by atoms with van der Waals surface area (Å²) in [5.74, 6) is 0.778. The van der Waals surface area contributed by atoms with Gasteiger partial charge in [-0.1, -0.05) is 30.3 Å². The minimum absolute atomic E-state index is 0.00220. The number of carbonyl (C=O) groups excluding carboxylic acids is 1. The van der Waals surface area contributed by atoms with E-state index in [2.05, 4.69) is 48.7 Å². The number of ether oxygens (including phenoxy) is 1. The Morgan fingerprint density at radius 3 is 2.44 bits per heavy atom. The Morgan fingerprint density at radius 1 is 1.06 bits per heavy atom. The van der Waals surface area contributed by atoms with Crippen LogP contribution in [-0.4, -0.2) is 34.2 Å². The van der Waals surface area contributed by atoms with Gasteiger partial charge in [0.05, 0.1) is 17.7 Å². The van der Waals surface area contributed by atoms with Gasteiger partial charge in [0.15, 0.2) is 5.17 Å². The summed E-state index contributed by atoms with van der Waals surface area (Å²) < 4.78 is 7.50. The molecule has 4 rings (SSSR count). The molecule has 1 aliphatic heterocycles. The molecule has 1 aromatic heterocycles. The number of methoxy groups -OCH3 is 1. The number of aryl methyl sites for hydroxylation is 1. The van der Waals surface area contributed by atoms with Crippen LogP contribution >= 0.6 is 11.8 Å². The number of hydrogen-bond donors (Lipinski definition) is 0. The molecule has 0 bridgehead atoms. The van der Waals surface area contributed by atoms with E-state index in [0.717, 1.165) is 29.2 Å². The lowest BCUT2D eigenvalue weighted by Crippen LogP contribution is -2.28. The molecule has 1 saturated heterocycles. The number of amidine groups is 1. The summed E-state index contributed by atoms with van der Waals surface area (Å²) in [7, 11) is 1.64. The molecule has 0 saturated carbocycles. The van der Waals surface area contributed by atoms with Gasteiger partial charge in [0, 0.05) is 24.5 Å². The fourth-order valence-corrected chi connectivity index (χ4v) is 4.82. The van der Waals surface area contributed by atoms with Gasteiger partial charge in [-0.05, 0) is 80.1 Å². The second kappa shape index (κ2) is 9.49. The van der Waals surface area contributed by atoms with Gasteiger partial charge in [0.1, 0.15) is 5.75 Å². The molecule has 0 spiro atoms. The quantitative estimate of drug-likeness (QED) is 0.452. The third kappa shape index (κ3) is 4.50. The highest BCUT2D eigenvalue weighted by Gasteiger charge is 2.32. The summed E-state index contributed by atoms with van der Waals surface area (Å²) in [6.45, 7) is 7.57. The van der Waals surface area contributed by atoms with E-state index >= 15 is 0 Å². The molecule has 2 heterocycles. The standard InChI is InChI=1S/C26H27N3O2S/c1-5-28-25(30)24(32-26(28)27-22-11-13-23(31-4)14-12-22)16-21-15-18(2)29(19(21)3)17-20-9-7-6-8-10-20/h6-16H,5,17H2,1-4H3/b24-16+,27-26?. The normalized spacial score (nSPS) is 16.4. The van der Waals surface area contributed by atoms with Gasteiger partial charge in [-0.3, -0.25) is 9.69 Å². The highest BCUT2D eigenvalue weighted by atomic mass is 32.2. The average Bonchev–Trinajstić information content (AvgIpc) is 3.24. The van der Waals surface area contributed by atoms with Gasteiger partial charge in [-0.25, -0.2) is 4.99 Å². The van der Waals surface area contributed by atoms with E-state index in [9.17, 15) is 4.79 Å². The van der Waals surface area contributed by atoms with Crippen molar-refractivity contribution in [2.75, 3.05) is 13.7 Å². The van der Waals surface area contributed by atoms with Crippen LogP contribution in [0.3, 0.4) is 0 Å². The van der Waals surface area contributed by atoms with Crippen molar-refractivity contribution in [2.45, 2.75) is 27.3 Å². The highest BCUT2D eigenvalue weighted by Crippen LogP contribution is 2.35. The number of rotatable bonds is 6. The van der Waals surface area contributed by atoms with Gasteiger partial charge < -0.3 is 9.30 Å². The predicted molar refractivity (Wildman–Crippen MR) is 132 cm³/mol. The van der Waals surface area contributed by atoms with E-state index in [-0.39, 0.29) is 5.91 Å². The summed E-state index contributed by atoms with van der Waals surface area (Å²) in [6.07, 6.45) is 2.00. The zero-order chi connectivity index (χ0) is 22.7. The lowest BCUT2D eigenvalue weighted by atomic mass is 10.2. The Morgan fingerprint density at radius 2 is 1.78 bits per heavy atom. The van der Waals surface area contributed by atoms with Crippen molar-refractivity contribution in [2.24, 2.45) is 4.99 Å². The molecule has 0 unspecified atom stereocenters. The largest absolute Gasteiger partial charge is 0.497 e. The first-order valence-electron chi connectivity index (χ1n) is 10.6. The number of amides is 1. The van der Waals surface area contributed by atoms with Crippen LogP contribution in [0.1, 0.15) is 29.4 Å². The number of hydrogen-bond acceptors (Lipinski definition) is 4. The lowest BCUT2D eigenvalue weighted by molar-refractivity contribution is -0.122. The number of benzene rings is 2. The van der Waals surface area contributed by atoms with Crippen molar-refractivity contribution in [3.05, 3.63) is 88.1 Å². The molecule has 5 nitrogen and oxygen atoms in total. The van der Waals surface area contributed by atoms with E-state index in [1.807, 2.05) is 43.3 Å². The van der Waals surface area contributed by atoms with Gasteiger partial charge >= 0.3 is 0 Å². The van der Waals surface area contributed by atoms with E-state index in [0.29, 0.717) is 16.6 Å². The molecule has 0 N–H and O–H groups in total. The monoisotopic (exact) mass is 445 g/mol. The second-order valence-corrected chi connectivity index (χ2v) is 8.66. The molecule has 0 aliphatic carbocycles. The number of carbonyl (C=O) groups is 1. The van der Waals surface area contributed by atoms with Crippen molar-refractivity contribution in [3.63, 3.8) is 0 Å². The summed E-state index contributed by atoms with van der Waals surface area (Å²) in [4.78, 5) is 20.2. The maximum Gasteiger partial charge on any atom is 0.266 e. The third-order valence-corrected chi connectivity index (χ3v) is 6.59. The molecule has 1 amide bonds. The molecule has 3 aromatic rings. The van der Waals surface area contributed by atoms with Crippen molar-refractivity contribution in [1.82, 2.24) is 9.47 Å². The van der Waals surface area contributed by atoms with Crippen LogP contribution in [0, 0.1) is 13.8 Å². The van der Waals surface area contributed by atoms with Crippen molar-refractivity contribution < 1.29 is 9.53 Å². The number of likely N-dealkylation sites (N-methyl/N-ethyl adjacent to an activating group) is 1. The van der Waals surface area contributed by atoms with Gasteiger partial charge in [-0.15, -0.1) is 0 Å². The zero-order valence-electron chi connectivity index (χ0n) is 18.8. The minimum atomic E-state index is -0.00220. The second-order valence-electron chi connectivity index (χ2n) is 7.65. The Balaban J connectivity index is 1.62.